The van der Waals surface area contributed by atoms with Crippen molar-refractivity contribution in [1.82, 2.24) is 10.6 Å². The standard InChI is InChI=1S/C14H18Cl2N2O.ClH/c15-12-4-3-11(13(16)7-12)6-14(19)18-9-10-2-1-5-17-8-10;/h3-4,7,10,17H,1-2,5-6,8-9H2,(H,18,19);1H. The van der Waals surface area contributed by atoms with E-state index in [0.717, 1.165) is 25.2 Å². The normalized spacial score (nSPS) is 18.2. The molecule has 1 saturated heterocycles. The van der Waals surface area contributed by atoms with E-state index in [0.29, 0.717) is 22.4 Å². The van der Waals surface area contributed by atoms with Crippen molar-refractivity contribution < 1.29 is 4.79 Å². The third-order valence-corrected chi connectivity index (χ3v) is 3.94. The Kier molecular flexibility index (Phi) is 7.67. The molecule has 0 radical (unpaired) electrons. The molecule has 1 unspecified atom stereocenters. The van der Waals surface area contributed by atoms with Crippen LogP contribution in [0, 0.1) is 5.92 Å². The summed E-state index contributed by atoms with van der Waals surface area (Å²) in [5.74, 6) is 0.549. The van der Waals surface area contributed by atoms with Crippen molar-refractivity contribution >= 4 is 41.5 Å². The fourth-order valence-corrected chi connectivity index (χ4v) is 2.73. The molecule has 1 heterocycles. The Labute approximate surface area is 135 Å². The number of nitrogens with one attached hydrogen (secondary N) is 2. The van der Waals surface area contributed by atoms with Crippen molar-refractivity contribution in [2.24, 2.45) is 5.92 Å². The molecule has 0 spiro atoms. The van der Waals surface area contributed by atoms with Crippen molar-refractivity contribution in [3.8, 4) is 0 Å². The molecule has 1 aliphatic rings. The molecule has 6 heteroatoms. The molecule has 2 N–H and O–H groups in total. The molecular formula is C14H19Cl3N2O. The van der Waals surface area contributed by atoms with Gasteiger partial charge in [-0.15, -0.1) is 12.4 Å². The molecule has 1 atom stereocenters. The number of amides is 1. The molecule has 0 aliphatic carbocycles. The first-order valence-corrected chi connectivity index (χ1v) is 7.32. The lowest BCUT2D eigenvalue weighted by Gasteiger charge is -2.22. The Hall–Kier alpha value is -0.480. The predicted octanol–water partition coefficient (Wildman–Crippen LogP) is 3.07. The van der Waals surface area contributed by atoms with E-state index in [1.54, 1.807) is 18.2 Å². The minimum absolute atomic E-state index is 0. The van der Waals surface area contributed by atoms with Gasteiger partial charge in [-0.1, -0.05) is 29.3 Å². The second-order valence-corrected chi connectivity index (χ2v) is 5.77. The highest BCUT2D eigenvalue weighted by molar-refractivity contribution is 6.35. The third kappa shape index (κ3) is 5.49. The SMILES string of the molecule is Cl.O=C(Cc1ccc(Cl)cc1Cl)NCC1CCCNC1. The summed E-state index contributed by atoms with van der Waals surface area (Å²) in [6.45, 7) is 2.81. The molecule has 1 aromatic carbocycles. The number of benzene rings is 1. The van der Waals surface area contributed by atoms with Gasteiger partial charge >= 0.3 is 0 Å². The number of piperidine rings is 1. The quantitative estimate of drug-likeness (QED) is 0.886. The minimum Gasteiger partial charge on any atom is -0.355 e. The minimum atomic E-state index is 0. The molecule has 1 fully saturated rings. The van der Waals surface area contributed by atoms with E-state index in [9.17, 15) is 4.79 Å². The molecule has 112 valence electrons. The maximum atomic E-state index is 11.9. The van der Waals surface area contributed by atoms with E-state index in [1.165, 1.54) is 12.8 Å². The van der Waals surface area contributed by atoms with E-state index < -0.39 is 0 Å². The van der Waals surface area contributed by atoms with Crippen LogP contribution in [0.2, 0.25) is 10.0 Å². The average molecular weight is 338 g/mol. The molecule has 20 heavy (non-hydrogen) atoms. The van der Waals surface area contributed by atoms with Crippen LogP contribution in [0.4, 0.5) is 0 Å². The van der Waals surface area contributed by atoms with Crippen LogP contribution in [0.25, 0.3) is 0 Å². The van der Waals surface area contributed by atoms with Crippen molar-refractivity contribution in [3.63, 3.8) is 0 Å². The third-order valence-electron chi connectivity index (χ3n) is 3.35. The zero-order valence-corrected chi connectivity index (χ0v) is 13.5. The highest BCUT2D eigenvalue weighted by atomic mass is 35.5. The van der Waals surface area contributed by atoms with Gasteiger partial charge in [0.15, 0.2) is 0 Å². The van der Waals surface area contributed by atoms with Crippen LogP contribution in [0.15, 0.2) is 18.2 Å². The maximum Gasteiger partial charge on any atom is 0.224 e. The highest BCUT2D eigenvalue weighted by Gasteiger charge is 2.14. The highest BCUT2D eigenvalue weighted by Crippen LogP contribution is 2.21. The Morgan fingerprint density at radius 3 is 2.85 bits per heavy atom. The molecule has 1 aliphatic heterocycles. The smallest absolute Gasteiger partial charge is 0.224 e. The summed E-state index contributed by atoms with van der Waals surface area (Å²) in [5.41, 5.74) is 0.810. The monoisotopic (exact) mass is 336 g/mol. The lowest BCUT2D eigenvalue weighted by molar-refractivity contribution is -0.120. The van der Waals surface area contributed by atoms with E-state index in [2.05, 4.69) is 10.6 Å². The van der Waals surface area contributed by atoms with Gasteiger partial charge in [0.25, 0.3) is 0 Å². The van der Waals surface area contributed by atoms with Crippen molar-refractivity contribution in [1.29, 1.82) is 0 Å². The second-order valence-electron chi connectivity index (χ2n) is 4.93. The van der Waals surface area contributed by atoms with Crippen LogP contribution in [0.5, 0.6) is 0 Å². The van der Waals surface area contributed by atoms with E-state index in [-0.39, 0.29) is 18.3 Å². The molecule has 0 bridgehead atoms. The van der Waals surface area contributed by atoms with Gasteiger partial charge in [0.2, 0.25) is 5.91 Å². The largest absolute Gasteiger partial charge is 0.355 e. The summed E-state index contributed by atoms with van der Waals surface area (Å²) in [4.78, 5) is 11.9. The lowest BCUT2D eigenvalue weighted by Crippen LogP contribution is -2.38. The Morgan fingerprint density at radius 2 is 2.20 bits per heavy atom. The Morgan fingerprint density at radius 1 is 1.40 bits per heavy atom. The fraction of sp³-hybridized carbons (Fsp3) is 0.500. The number of hydrogen-bond acceptors (Lipinski definition) is 2. The number of carbonyl (C=O) groups is 1. The van der Waals surface area contributed by atoms with Gasteiger partial charge in [-0.3, -0.25) is 4.79 Å². The maximum absolute atomic E-state index is 11.9. The molecule has 0 aromatic heterocycles. The first-order valence-electron chi connectivity index (χ1n) is 6.56. The van der Waals surface area contributed by atoms with Gasteiger partial charge in [-0.05, 0) is 49.5 Å². The molecular weight excluding hydrogens is 319 g/mol. The van der Waals surface area contributed by atoms with Gasteiger partial charge in [-0.25, -0.2) is 0 Å². The van der Waals surface area contributed by atoms with E-state index in [4.69, 9.17) is 23.2 Å². The molecule has 0 saturated carbocycles. The van der Waals surface area contributed by atoms with E-state index in [1.807, 2.05) is 0 Å². The zero-order valence-electron chi connectivity index (χ0n) is 11.1. The summed E-state index contributed by atoms with van der Waals surface area (Å²) in [5, 5.41) is 7.44. The van der Waals surface area contributed by atoms with Gasteiger partial charge in [-0.2, -0.15) is 0 Å². The zero-order chi connectivity index (χ0) is 13.7. The number of rotatable bonds is 4. The van der Waals surface area contributed by atoms with Gasteiger partial charge in [0, 0.05) is 16.6 Å². The topological polar surface area (TPSA) is 41.1 Å². The predicted molar refractivity (Wildman–Crippen MR) is 86.0 cm³/mol. The van der Waals surface area contributed by atoms with Crippen LogP contribution in [0.1, 0.15) is 18.4 Å². The summed E-state index contributed by atoms with van der Waals surface area (Å²) in [6.07, 6.45) is 2.66. The van der Waals surface area contributed by atoms with E-state index >= 15 is 0 Å². The Bertz CT molecular complexity index is 448. The fourth-order valence-electron chi connectivity index (χ4n) is 2.26. The number of carbonyl (C=O) groups excluding carboxylic acids is 1. The van der Waals surface area contributed by atoms with Crippen LogP contribution in [-0.4, -0.2) is 25.5 Å². The number of halogens is 3. The molecule has 3 nitrogen and oxygen atoms in total. The van der Waals surface area contributed by atoms with Crippen LogP contribution < -0.4 is 10.6 Å². The average Bonchev–Trinajstić information content (AvgIpc) is 2.41. The first-order chi connectivity index (χ1) is 9.15. The lowest BCUT2D eigenvalue weighted by atomic mass is 10.00. The summed E-state index contributed by atoms with van der Waals surface area (Å²) < 4.78 is 0. The molecule has 2 rings (SSSR count). The van der Waals surface area contributed by atoms with Gasteiger partial charge < -0.3 is 10.6 Å². The van der Waals surface area contributed by atoms with Crippen LogP contribution >= 0.6 is 35.6 Å². The van der Waals surface area contributed by atoms with Gasteiger partial charge in [0.1, 0.15) is 0 Å². The van der Waals surface area contributed by atoms with Crippen LogP contribution in [-0.2, 0) is 11.2 Å². The molecule has 1 aromatic rings. The van der Waals surface area contributed by atoms with Crippen molar-refractivity contribution in [2.45, 2.75) is 19.3 Å². The Balaban J connectivity index is 0.00000200. The van der Waals surface area contributed by atoms with Crippen molar-refractivity contribution in [3.05, 3.63) is 33.8 Å². The first kappa shape index (κ1) is 17.6. The summed E-state index contributed by atoms with van der Waals surface area (Å²) in [7, 11) is 0. The van der Waals surface area contributed by atoms with Crippen molar-refractivity contribution in [2.75, 3.05) is 19.6 Å². The molecule has 1 amide bonds. The van der Waals surface area contributed by atoms with Crippen LogP contribution in [0.3, 0.4) is 0 Å². The number of hydrogen-bond donors (Lipinski definition) is 2. The summed E-state index contributed by atoms with van der Waals surface area (Å²) in [6, 6.07) is 5.21. The summed E-state index contributed by atoms with van der Waals surface area (Å²) >= 11 is 11.9. The van der Waals surface area contributed by atoms with Gasteiger partial charge in [0.05, 0.1) is 6.42 Å². The second kappa shape index (κ2) is 8.73.